The number of ether oxygens (including phenoxy) is 3. The molecule has 0 radical (unpaired) electrons. The molecule has 28 heavy (non-hydrogen) atoms. The van der Waals surface area contributed by atoms with Crippen molar-refractivity contribution in [1.82, 2.24) is 9.88 Å². The topological polar surface area (TPSA) is 56.2 Å². The van der Waals surface area contributed by atoms with Crippen molar-refractivity contribution in [2.45, 2.75) is 37.6 Å². The number of hydrogen-bond donors (Lipinski definition) is 0. The minimum Gasteiger partial charge on any atom is -0.493 e. The van der Waals surface area contributed by atoms with Gasteiger partial charge in [-0.15, -0.1) is 0 Å². The molecule has 6 nitrogen and oxygen atoms in total. The van der Waals surface area contributed by atoms with Crippen molar-refractivity contribution in [3.05, 3.63) is 47.8 Å². The van der Waals surface area contributed by atoms with Crippen LogP contribution in [0.2, 0.25) is 0 Å². The number of amidine groups is 1. The molecule has 0 unspecified atom stereocenters. The van der Waals surface area contributed by atoms with Gasteiger partial charge < -0.3 is 19.1 Å². The maximum absolute atomic E-state index is 6.14. The van der Waals surface area contributed by atoms with E-state index >= 15 is 0 Å². The fourth-order valence-corrected chi connectivity index (χ4v) is 5.05. The maximum Gasteiger partial charge on any atom is 0.231 e. The summed E-state index contributed by atoms with van der Waals surface area (Å²) in [7, 11) is 0. The van der Waals surface area contributed by atoms with Crippen LogP contribution in [0.4, 0.5) is 0 Å². The Kier molecular flexibility index (Phi) is 4.55. The zero-order valence-corrected chi connectivity index (χ0v) is 16.8. The summed E-state index contributed by atoms with van der Waals surface area (Å²) in [6, 6.07) is 10.0. The van der Waals surface area contributed by atoms with Gasteiger partial charge in [0.15, 0.2) is 16.7 Å². The monoisotopic (exact) mass is 397 g/mol. The van der Waals surface area contributed by atoms with Gasteiger partial charge in [-0.1, -0.05) is 31.7 Å². The molecule has 146 valence electrons. The average molecular weight is 398 g/mol. The third-order valence-corrected chi connectivity index (χ3v) is 6.27. The molecule has 1 fully saturated rings. The van der Waals surface area contributed by atoms with Crippen LogP contribution in [-0.4, -0.2) is 40.2 Å². The second kappa shape index (κ2) is 7.20. The van der Waals surface area contributed by atoms with E-state index in [1.807, 2.05) is 36.2 Å². The number of fused-ring (bicyclic) bond motifs is 2. The second-order valence-corrected chi connectivity index (χ2v) is 8.63. The molecule has 3 atom stereocenters. The highest BCUT2D eigenvalue weighted by Gasteiger charge is 2.45. The normalized spacial score (nSPS) is 25.0. The Bertz CT molecular complexity index is 905. The van der Waals surface area contributed by atoms with Gasteiger partial charge in [0.1, 0.15) is 11.8 Å². The van der Waals surface area contributed by atoms with E-state index < -0.39 is 0 Å². The van der Waals surface area contributed by atoms with Gasteiger partial charge in [0.25, 0.3) is 0 Å². The summed E-state index contributed by atoms with van der Waals surface area (Å²) in [5.74, 6) is 2.36. The number of aliphatic imine (C=N–C) groups is 1. The molecule has 0 bridgehead atoms. The van der Waals surface area contributed by atoms with Crippen molar-refractivity contribution in [2.24, 2.45) is 4.99 Å². The number of nitrogens with zero attached hydrogens (tertiary/aromatic N) is 3. The molecule has 0 spiro atoms. The smallest absolute Gasteiger partial charge is 0.231 e. The first kappa shape index (κ1) is 17.7. The van der Waals surface area contributed by atoms with Crippen LogP contribution in [0.15, 0.2) is 41.5 Å². The summed E-state index contributed by atoms with van der Waals surface area (Å²) in [4.78, 5) is 12.1. The first-order valence-electron chi connectivity index (χ1n) is 9.73. The number of hydrogen-bond acceptors (Lipinski definition) is 7. The summed E-state index contributed by atoms with van der Waals surface area (Å²) in [6.07, 6.45) is 2.78. The zero-order chi connectivity index (χ0) is 19.1. The minimum atomic E-state index is -0.0689. The van der Waals surface area contributed by atoms with E-state index in [4.69, 9.17) is 19.2 Å². The third kappa shape index (κ3) is 2.98. The van der Waals surface area contributed by atoms with Crippen molar-refractivity contribution in [1.29, 1.82) is 0 Å². The largest absolute Gasteiger partial charge is 0.493 e. The Morgan fingerprint density at radius 1 is 1.25 bits per heavy atom. The van der Waals surface area contributed by atoms with Crippen molar-refractivity contribution < 1.29 is 14.2 Å². The molecule has 5 rings (SSSR count). The van der Waals surface area contributed by atoms with Gasteiger partial charge in [-0.3, -0.25) is 9.98 Å². The summed E-state index contributed by atoms with van der Waals surface area (Å²) in [5, 5.41) is 1.60. The summed E-state index contributed by atoms with van der Waals surface area (Å²) < 4.78 is 17.4. The molecule has 1 saturated heterocycles. The van der Waals surface area contributed by atoms with Crippen LogP contribution < -0.4 is 14.2 Å². The quantitative estimate of drug-likeness (QED) is 0.754. The van der Waals surface area contributed by atoms with Gasteiger partial charge in [0.2, 0.25) is 6.79 Å². The molecule has 1 aromatic carbocycles. The van der Waals surface area contributed by atoms with Crippen LogP contribution in [0, 0.1) is 0 Å². The Balaban J connectivity index is 1.61. The fraction of sp³-hybridized carbons (Fsp3) is 0.429. The number of aromatic nitrogens is 1. The predicted molar refractivity (Wildman–Crippen MR) is 109 cm³/mol. The zero-order valence-electron chi connectivity index (χ0n) is 16.0. The van der Waals surface area contributed by atoms with Crippen molar-refractivity contribution >= 4 is 16.9 Å². The lowest BCUT2D eigenvalue weighted by Crippen LogP contribution is -2.29. The van der Waals surface area contributed by atoms with Crippen LogP contribution in [0.25, 0.3) is 0 Å². The molecule has 0 saturated carbocycles. The highest BCUT2D eigenvalue weighted by Crippen LogP contribution is 2.52. The van der Waals surface area contributed by atoms with Crippen LogP contribution >= 0.6 is 11.8 Å². The van der Waals surface area contributed by atoms with E-state index in [1.54, 1.807) is 0 Å². The van der Waals surface area contributed by atoms with E-state index in [-0.39, 0.29) is 18.9 Å². The minimum absolute atomic E-state index is 0.0312. The molecule has 0 aliphatic carbocycles. The Morgan fingerprint density at radius 3 is 2.89 bits per heavy atom. The summed E-state index contributed by atoms with van der Waals surface area (Å²) in [6.45, 7) is 6.22. The number of pyridine rings is 1. The van der Waals surface area contributed by atoms with Crippen LogP contribution in [-0.2, 0) is 0 Å². The van der Waals surface area contributed by atoms with Gasteiger partial charge >= 0.3 is 0 Å². The molecule has 3 aliphatic rings. The lowest BCUT2D eigenvalue weighted by Gasteiger charge is -2.29. The van der Waals surface area contributed by atoms with Crippen molar-refractivity contribution in [3.63, 3.8) is 0 Å². The number of benzene rings is 1. The SMILES string of the molecule is CCCOc1cc2c(cc1[C@@H]1[C@H](c3ccccn3)N=C3S[C@H](C)CN31)OCO2. The van der Waals surface area contributed by atoms with Gasteiger partial charge in [0, 0.05) is 29.6 Å². The van der Waals surface area contributed by atoms with Crippen LogP contribution in [0.5, 0.6) is 17.2 Å². The average Bonchev–Trinajstić information content (AvgIpc) is 3.39. The van der Waals surface area contributed by atoms with Crippen LogP contribution in [0.3, 0.4) is 0 Å². The lowest BCUT2D eigenvalue weighted by atomic mass is 9.95. The Labute approximate surface area is 168 Å². The van der Waals surface area contributed by atoms with Crippen molar-refractivity contribution in [2.75, 3.05) is 19.9 Å². The first-order valence-corrected chi connectivity index (χ1v) is 10.6. The van der Waals surface area contributed by atoms with Crippen LogP contribution in [0.1, 0.15) is 43.6 Å². The van der Waals surface area contributed by atoms with Gasteiger partial charge in [-0.25, -0.2) is 0 Å². The first-order chi connectivity index (χ1) is 13.7. The van der Waals surface area contributed by atoms with E-state index in [0.29, 0.717) is 11.9 Å². The van der Waals surface area contributed by atoms with E-state index in [2.05, 4.69) is 35.9 Å². The van der Waals surface area contributed by atoms with E-state index in [1.165, 1.54) is 0 Å². The highest BCUT2D eigenvalue weighted by molar-refractivity contribution is 8.14. The van der Waals surface area contributed by atoms with Gasteiger partial charge in [0.05, 0.1) is 18.3 Å². The molecule has 0 amide bonds. The molecular formula is C21H23N3O3S. The second-order valence-electron chi connectivity index (χ2n) is 7.23. The lowest BCUT2D eigenvalue weighted by molar-refractivity contribution is 0.173. The Morgan fingerprint density at radius 2 is 2.11 bits per heavy atom. The molecule has 4 heterocycles. The Hall–Kier alpha value is -2.41. The predicted octanol–water partition coefficient (Wildman–Crippen LogP) is 4.19. The third-order valence-electron chi connectivity index (χ3n) is 5.17. The summed E-state index contributed by atoms with van der Waals surface area (Å²) in [5.41, 5.74) is 2.06. The summed E-state index contributed by atoms with van der Waals surface area (Å²) >= 11 is 1.83. The number of rotatable bonds is 5. The molecule has 2 aromatic rings. The van der Waals surface area contributed by atoms with Gasteiger partial charge in [-0.2, -0.15) is 0 Å². The van der Waals surface area contributed by atoms with E-state index in [9.17, 15) is 0 Å². The molecule has 1 aromatic heterocycles. The highest BCUT2D eigenvalue weighted by atomic mass is 32.2. The fourth-order valence-electron chi connectivity index (χ4n) is 3.96. The standard InChI is InChI=1S/C21H23N3O3S/c1-3-8-25-16-10-18-17(26-12-27-18)9-14(16)20-19(15-6-4-5-7-22-15)23-21-24(20)11-13(2)28-21/h4-7,9-10,13,19-20H,3,8,11-12H2,1-2H3/t13-,19+,20-/m1/s1. The van der Waals surface area contributed by atoms with Crippen molar-refractivity contribution in [3.8, 4) is 17.2 Å². The molecule has 0 N–H and O–H groups in total. The van der Waals surface area contributed by atoms with Gasteiger partial charge in [-0.05, 0) is 24.6 Å². The molecular weight excluding hydrogens is 374 g/mol. The molecule has 7 heteroatoms. The number of thioether (sulfide) groups is 1. The van der Waals surface area contributed by atoms with E-state index in [0.717, 1.165) is 46.6 Å². The maximum atomic E-state index is 6.14. The molecule has 3 aliphatic heterocycles.